The monoisotopic (exact) mass is 311 g/mol. The van der Waals surface area contributed by atoms with Gasteiger partial charge in [0.1, 0.15) is 0 Å². The third kappa shape index (κ3) is 3.96. The average molecular weight is 311 g/mol. The van der Waals surface area contributed by atoms with Gasteiger partial charge in [-0.1, -0.05) is 6.92 Å². The van der Waals surface area contributed by atoms with Crippen LogP contribution < -0.4 is 10.0 Å². The van der Waals surface area contributed by atoms with Crippen LogP contribution in [0.25, 0.3) is 0 Å². The zero-order valence-electron chi connectivity index (χ0n) is 12.3. The number of nitrogens with zero attached hydrogens (tertiary/aromatic N) is 1. The summed E-state index contributed by atoms with van der Waals surface area (Å²) in [6, 6.07) is 3.44. The van der Waals surface area contributed by atoms with E-state index in [0.29, 0.717) is 11.4 Å². The van der Waals surface area contributed by atoms with Gasteiger partial charge < -0.3 is 14.3 Å². The second-order valence-corrected chi connectivity index (χ2v) is 6.46. The summed E-state index contributed by atoms with van der Waals surface area (Å²) in [5.74, 6) is 0. The molecule has 0 aliphatic heterocycles. The zero-order chi connectivity index (χ0) is 15.3. The van der Waals surface area contributed by atoms with Crippen molar-refractivity contribution in [3.05, 3.63) is 42.1 Å². The molecule has 116 valence electrons. The Hall–Kier alpha value is -1.57. The minimum Gasteiger partial charge on any atom is -0.472 e. The predicted octanol–water partition coefficient (Wildman–Crippen LogP) is 1.69. The maximum atomic E-state index is 12.3. The number of sulfonamides is 1. The predicted molar refractivity (Wildman–Crippen MR) is 80.2 cm³/mol. The van der Waals surface area contributed by atoms with Crippen LogP contribution in [0.1, 0.15) is 25.1 Å². The van der Waals surface area contributed by atoms with Gasteiger partial charge in [-0.05, 0) is 25.6 Å². The molecule has 0 aromatic carbocycles. The fraction of sp³-hybridized carbons (Fsp3) is 0.429. The Bertz CT molecular complexity index is 660. The van der Waals surface area contributed by atoms with Gasteiger partial charge >= 0.3 is 0 Å². The van der Waals surface area contributed by atoms with Gasteiger partial charge in [0.15, 0.2) is 0 Å². The maximum Gasteiger partial charge on any atom is 0.242 e. The number of hydrogen-bond donors (Lipinski definition) is 2. The molecule has 0 radical (unpaired) electrons. The molecule has 2 heterocycles. The minimum absolute atomic E-state index is 0.221. The van der Waals surface area contributed by atoms with Crippen LogP contribution in [0.5, 0.6) is 0 Å². The molecule has 2 N–H and O–H groups in total. The van der Waals surface area contributed by atoms with Crippen LogP contribution in [-0.2, 0) is 29.7 Å². The zero-order valence-corrected chi connectivity index (χ0v) is 13.1. The summed E-state index contributed by atoms with van der Waals surface area (Å²) in [6.07, 6.45) is 4.71. The molecular formula is C14H21N3O3S. The lowest BCUT2D eigenvalue weighted by Gasteiger charge is -2.05. The van der Waals surface area contributed by atoms with Gasteiger partial charge in [-0.25, -0.2) is 13.1 Å². The van der Waals surface area contributed by atoms with E-state index < -0.39 is 10.0 Å². The largest absolute Gasteiger partial charge is 0.472 e. The smallest absolute Gasteiger partial charge is 0.242 e. The van der Waals surface area contributed by atoms with Crippen LogP contribution in [0.4, 0.5) is 0 Å². The number of furan rings is 1. The summed E-state index contributed by atoms with van der Waals surface area (Å²) in [5.41, 5.74) is 1.75. The normalized spacial score (nSPS) is 11.9. The van der Waals surface area contributed by atoms with Gasteiger partial charge in [0.2, 0.25) is 10.0 Å². The molecule has 0 saturated heterocycles. The van der Waals surface area contributed by atoms with E-state index in [0.717, 1.165) is 24.3 Å². The highest BCUT2D eigenvalue weighted by atomic mass is 32.2. The number of aryl methyl sites for hydroxylation is 1. The summed E-state index contributed by atoms with van der Waals surface area (Å²) in [4.78, 5) is 0.292. The van der Waals surface area contributed by atoms with Crippen molar-refractivity contribution in [1.82, 2.24) is 14.6 Å². The Labute approximate surface area is 125 Å². The molecule has 0 aliphatic carbocycles. The van der Waals surface area contributed by atoms with Gasteiger partial charge in [-0.15, -0.1) is 0 Å². The van der Waals surface area contributed by atoms with Crippen molar-refractivity contribution >= 4 is 10.0 Å². The summed E-state index contributed by atoms with van der Waals surface area (Å²) in [7, 11) is -3.51. The van der Waals surface area contributed by atoms with Crippen LogP contribution in [0.15, 0.2) is 40.2 Å². The van der Waals surface area contributed by atoms with Gasteiger partial charge in [0.05, 0.1) is 17.4 Å². The van der Waals surface area contributed by atoms with Crippen LogP contribution >= 0.6 is 0 Å². The lowest BCUT2D eigenvalue weighted by Crippen LogP contribution is -2.22. The summed E-state index contributed by atoms with van der Waals surface area (Å²) < 4.78 is 34.1. The summed E-state index contributed by atoms with van der Waals surface area (Å²) >= 11 is 0. The van der Waals surface area contributed by atoms with E-state index in [1.165, 1.54) is 12.5 Å². The van der Waals surface area contributed by atoms with E-state index in [4.69, 9.17) is 4.42 Å². The molecule has 2 aromatic rings. The molecule has 0 bridgehead atoms. The Morgan fingerprint density at radius 1 is 1.29 bits per heavy atom. The molecule has 0 unspecified atom stereocenters. The molecule has 0 atom stereocenters. The molecule has 21 heavy (non-hydrogen) atoms. The third-order valence-electron chi connectivity index (χ3n) is 3.21. The fourth-order valence-corrected chi connectivity index (χ4v) is 3.10. The van der Waals surface area contributed by atoms with Gasteiger partial charge in [0.25, 0.3) is 0 Å². The van der Waals surface area contributed by atoms with Crippen LogP contribution in [0, 0.1) is 0 Å². The standard InChI is InChI=1S/C14H21N3O3S/c1-3-15-9-13-7-14(10-17(13)4-2)21(18,19)16-8-12-5-6-20-11-12/h5-7,10-11,15-16H,3-4,8-9H2,1-2H3. The minimum atomic E-state index is -3.51. The molecule has 2 rings (SSSR count). The highest BCUT2D eigenvalue weighted by molar-refractivity contribution is 7.89. The molecule has 7 heteroatoms. The van der Waals surface area contributed by atoms with Crippen molar-refractivity contribution < 1.29 is 12.8 Å². The Kier molecular flexibility index (Phi) is 5.22. The van der Waals surface area contributed by atoms with E-state index in [-0.39, 0.29) is 6.54 Å². The highest BCUT2D eigenvalue weighted by Crippen LogP contribution is 2.15. The first-order valence-corrected chi connectivity index (χ1v) is 8.45. The van der Waals surface area contributed by atoms with Crippen LogP contribution in [0.3, 0.4) is 0 Å². The highest BCUT2D eigenvalue weighted by Gasteiger charge is 2.17. The lowest BCUT2D eigenvalue weighted by atomic mass is 10.4. The summed E-state index contributed by atoms with van der Waals surface area (Å²) in [6.45, 7) is 6.46. The van der Waals surface area contributed by atoms with Gasteiger partial charge in [-0.3, -0.25) is 0 Å². The topological polar surface area (TPSA) is 76.3 Å². The van der Waals surface area contributed by atoms with E-state index in [2.05, 4.69) is 10.0 Å². The molecule has 2 aromatic heterocycles. The maximum absolute atomic E-state index is 12.3. The molecule has 0 spiro atoms. The average Bonchev–Trinajstić information content (AvgIpc) is 3.12. The van der Waals surface area contributed by atoms with E-state index in [1.54, 1.807) is 18.3 Å². The van der Waals surface area contributed by atoms with Crippen LogP contribution in [-0.4, -0.2) is 19.5 Å². The second kappa shape index (κ2) is 6.93. The first-order chi connectivity index (χ1) is 10.1. The Morgan fingerprint density at radius 2 is 2.10 bits per heavy atom. The van der Waals surface area contributed by atoms with Gasteiger partial charge in [-0.2, -0.15) is 0 Å². The number of hydrogen-bond acceptors (Lipinski definition) is 4. The first-order valence-electron chi connectivity index (χ1n) is 6.97. The number of rotatable bonds is 8. The number of nitrogens with one attached hydrogen (secondary N) is 2. The molecular weight excluding hydrogens is 290 g/mol. The van der Waals surface area contributed by atoms with Crippen molar-refractivity contribution in [2.45, 2.75) is 38.4 Å². The SMILES string of the molecule is CCNCc1cc(S(=O)(=O)NCc2ccoc2)cn1CC. The van der Waals surface area contributed by atoms with Gasteiger partial charge in [0, 0.05) is 37.1 Å². The lowest BCUT2D eigenvalue weighted by molar-refractivity contribution is 0.561. The summed E-state index contributed by atoms with van der Waals surface area (Å²) in [5, 5.41) is 3.21. The first kappa shape index (κ1) is 15.8. The molecule has 0 aliphatic rings. The quantitative estimate of drug-likeness (QED) is 0.778. The van der Waals surface area contributed by atoms with Crippen molar-refractivity contribution in [1.29, 1.82) is 0 Å². The van der Waals surface area contributed by atoms with Crippen molar-refractivity contribution in [2.75, 3.05) is 6.54 Å². The molecule has 0 amide bonds. The molecule has 0 saturated carbocycles. The molecule has 0 fully saturated rings. The third-order valence-corrected chi connectivity index (χ3v) is 4.58. The van der Waals surface area contributed by atoms with E-state index in [9.17, 15) is 8.42 Å². The van der Waals surface area contributed by atoms with Crippen LogP contribution in [0.2, 0.25) is 0 Å². The van der Waals surface area contributed by atoms with Crippen molar-refractivity contribution in [2.24, 2.45) is 0 Å². The van der Waals surface area contributed by atoms with E-state index in [1.807, 2.05) is 18.4 Å². The molecule has 6 nitrogen and oxygen atoms in total. The fourth-order valence-electron chi connectivity index (χ4n) is 2.02. The van der Waals surface area contributed by atoms with Crippen molar-refractivity contribution in [3.8, 4) is 0 Å². The Morgan fingerprint density at radius 3 is 2.71 bits per heavy atom. The second-order valence-electron chi connectivity index (χ2n) is 4.69. The Balaban J connectivity index is 2.13. The van der Waals surface area contributed by atoms with Crippen molar-refractivity contribution in [3.63, 3.8) is 0 Å². The van der Waals surface area contributed by atoms with E-state index >= 15 is 0 Å². The number of aromatic nitrogens is 1.